The maximum absolute atomic E-state index is 12.2. The van der Waals surface area contributed by atoms with Crippen LogP contribution in [0, 0.1) is 0 Å². The fraction of sp³-hybridized carbons (Fsp3) is 0.318. The summed E-state index contributed by atoms with van der Waals surface area (Å²) >= 11 is 0. The third kappa shape index (κ3) is 4.76. The lowest BCUT2D eigenvalue weighted by atomic mass is 9.87. The van der Waals surface area contributed by atoms with Gasteiger partial charge in [0.1, 0.15) is 18.9 Å². The fourth-order valence-corrected chi connectivity index (χ4v) is 2.89. The van der Waals surface area contributed by atoms with Gasteiger partial charge >= 0.3 is 0 Å². The first-order valence-corrected chi connectivity index (χ1v) is 9.29. The van der Waals surface area contributed by atoms with E-state index in [1.807, 2.05) is 18.2 Å². The molecule has 6 heteroatoms. The molecule has 1 amide bonds. The number of benzene rings is 2. The zero-order valence-corrected chi connectivity index (χ0v) is 16.4. The normalized spacial score (nSPS) is 11.4. The summed E-state index contributed by atoms with van der Waals surface area (Å²) in [5.74, 6) is 0.586. The number of aromatic nitrogens is 2. The first-order valence-electron chi connectivity index (χ1n) is 9.29. The molecule has 6 nitrogen and oxygen atoms in total. The van der Waals surface area contributed by atoms with Crippen molar-refractivity contribution in [2.24, 2.45) is 0 Å². The van der Waals surface area contributed by atoms with E-state index in [4.69, 9.17) is 4.74 Å². The number of fused-ring (bicyclic) bond motifs is 1. The Kier molecular flexibility index (Phi) is 5.78. The summed E-state index contributed by atoms with van der Waals surface area (Å²) in [6, 6.07) is 15.1. The van der Waals surface area contributed by atoms with Crippen molar-refractivity contribution in [3.63, 3.8) is 0 Å². The number of rotatable bonds is 6. The molecular formula is C22H25N3O3. The van der Waals surface area contributed by atoms with E-state index in [0.29, 0.717) is 24.1 Å². The summed E-state index contributed by atoms with van der Waals surface area (Å²) in [4.78, 5) is 24.0. The van der Waals surface area contributed by atoms with Crippen molar-refractivity contribution in [1.82, 2.24) is 15.1 Å². The number of nitrogens with zero attached hydrogens (tertiary/aromatic N) is 2. The first-order chi connectivity index (χ1) is 13.3. The molecule has 0 aliphatic carbocycles. The predicted molar refractivity (Wildman–Crippen MR) is 110 cm³/mol. The molecule has 0 saturated carbocycles. The lowest BCUT2D eigenvalue weighted by molar-refractivity contribution is -0.121. The van der Waals surface area contributed by atoms with Crippen LogP contribution in [0.2, 0.25) is 0 Å². The standard InChI is InChI=1S/C22H25N3O3/c1-22(2,3)16-8-10-17(11-9-16)28-13-12-23-21(27)15-25-19-7-5-4-6-18(19)20(26)14-24-25/h4-11,14H,12-13,15H2,1-3H3,(H,23,27). The summed E-state index contributed by atoms with van der Waals surface area (Å²) in [5, 5.41) is 7.42. The van der Waals surface area contributed by atoms with E-state index in [9.17, 15) is 9.59 Å². The van der Waals surface area contributed by atoms with Gasteiger partial charge in [-0.3, -0.25) is 14.3 Å². The van der Waals surface area contributed by atoms with Crippen LogP contribution in [0.4, 0.5) is 0 Å². The van der Waals surface area contributed by atoms with Gasteiger partial charge in [-0.1, -0.05) is 45.0 Å². The minimum Gasteiger partial charge on any atom is -0.492 e. The number of ether oxygens (including phenoxy) is 1. The van der Waals surface area contributed by atoms with Gasteiger partial charge in [0.15, 0.2) is 0 Å². The molecule has 1 heterocycles. The van der Waals surface area contributed by atoms with Gasteiger partial charge in [-0.25, -0.2) is 0 Å². The quantitative estimate of drug-likeness (QED) is 0.669. The van der Waals surface area contributed by atoms with E-state index in [2.05, 4.69) is 43.3 Å². The number of amides is 1. The monoisotopic (exact) mass is 379 g/mol. The maximum atomic E-state index is 12.2. The fourth-order valence-electron chi connectivity index (χ4n) is 2.89. The third-order valence-electron chi connectivity index (χ3n) is 4.47. The molecule has 146 valence electrons. The molecule has 1 N–H and O–H groups in total. The van der Waals surface area contributed by atoms with Crippen LogP contribution in [0.25, 0.3) is 10.9 Å². The molecule has 0 radical (unpaired) electrons. The molecule has 2 aromatic carbocycles. The van der Waals surface area contributed by atoms with E-state index < -0.39 is 0 Å². The second-order valence-corrected chi connectivity index (χ2v) is 7.66. The average Bonchev–Trinajstić information content (AvgIpc) is 2.67. The predicted octanol–water partition coefficient (Wildman–Crippen LogP) is 2.89. The molecule has 0 saturated heterocycles. The Hall–Kier alpha value is -3.15. The van der Waals surface area contributed by atoms with Gasteiger partial charge in [0, 0.05) is 5.39 Å². The Labute approximate surface area is 164 Å². The highest BCUT2D eigenvalue weighted by molar-refractivity contribution is 5.81. The molecule has 0 atom stereocenters. The number of carbonyl (C=O) groups is 1. The van der Waals surface area contributed by atoms with Gasteiger partial charge in [-0.2, -0.15) is 5.10 Å². The number of para-hydroxylation sites is 1. The minimum absolute atomic E-state index is 0.0427. The van der Waals surface area contributed by atoms with Crippen molar-refractivity contribution in [2.75, 3.05) is 13.2 Å². The van der Waals surface area contributed by atoms with Gasteiger partial charge in [0.25, 0.3) is 0 Å². The number of hydrogen-bond donors (Lipinski definition) is 1. The average molecular weight is 379 g/mol. The Morgan fingerprint density at radius 3 is 2.54 bits per heavy atom. The van der Waals surface area contributed by atoms with E-state index >= 15 is 0 Å². The molecule has 28 heavy (non-hydrogen) atoms. The molecule has 0 spiro atoms. The smallest absolute Gasteiger partial charge is 0.241 e. The molecule has 0 bridgehead atoms. The molecule has 1 aromatic heterocycles. The van der Waals surface area contributed by atoms with Crippen LogP contribution in [0.1, 0.15) is 26.3 Å². The van der Waals surface area contributed by atoms with Gasteiger partial charge in [0.05, 0.1) is 18.3 Å². The van der Waals surface area contributed by atoms with E-state index in [-0.39, 0.29) is 23.3 Å². The van der Waals surface area contributed by atoms with E-state index in [0.717, 1.165) is 5.75 Å². The summed E-state index contributed by atoms with van der Waals surface area (Å²) in [6.07, 6.45) is 1.24. The molecule has 0 fully saturated rings. The second-order valence-electron chi connectivity index (χ2n) is 7.66. The maximum Gasteiger partial charge on any atom is 0.241 e. The second kappa shape index (κ2) is 8.25. The zero-order chi connectivity index (χ0) is 20.1. The summed E-state index contributed by atoms with van der Waals surface area (Å²) in [7, 11) is 0. The van der Waals surface area contributed by atoms with Crippen molar-refractivity contribution in [3.8, 4) is 5.75 Å². The number of nitrogens with one attached hydrogen (secondary N) is 1. The summed E-state index contributed by atoms with van der Waals surface area (Å²) < 4.78 is 7.21. The minimum atomic E-state index is -0.187. The Morgan fingerprint density at radius 2 is 1.82 bits per heavy atom. The van der Waals surface area contributed by atoms with Crippen LogP contribution in [0.3, 0.4) is 0 Å². The highest BCUT2D eigenvalue weighted by Crippen LogP contribution is 2.24. The molecule has 3 aromatic rings. The zero-order valence-electron chi connectivity index (χ0n) is 16.4. The molecule has 0 aliphatic heterocycles. The Morgan fingerprint density at radius 1 is 1.11 bits per heavy atom. The van der Waals surface area contributed by atoms with Crippen LogP contribution < -0.4 is 15.5 Å². The van der Waals surface area contributed by atoms with Crippen LogP contribution >= 0.6 is 0 Å². The Bertz CT molecular complexity index is 1020. The van der Waals surface area contributed by atoms with Crippen molar-refractivity contribution in [2.45, 2.75) is 32.7 Å². The highest BCUT2D eigenvalue weighted by atomic mass is 16.5. The number of carbonyl (C=O) groups excluding carboxylic acids is 1. The van der Waals surface area contributed by atoms with Gasteiger partial charge in [-0.15, -0.1) is 0 Å². The van der Waals surface area contributed by atoms with Crippen LogP contribution in [0.5, 0.6) is 5.75 Å². The largest absolute Gasteiger partial charge is 0.492 e. The SMILES string of the molecule is CC(C)(C)c1ccc(OCCNC(=O)Cn2ncc(=O)c3ccccc32)cc1. The van der Waals surface area contributed by atoms with Crippen molar-refractivity contribution < 1.29 is 9.53 Å². The van der Waals surface area contributed by atoms with Crippen LogP contribution in [-0.2, 0) is 16.8 Å². The molecule has 3 rings (SSSR count). The van der Waals surface area contributed by atoms with Crippen molar-refractivity contribution in [1.29, 1.82) is 0 Å². The topological polar surface area (TPSA) is 73.2 Å². The van der Waals surface area contributed by atoms with Gasteiger partial charge in [0.2, 0.25) is 11.3 Å². The van der Waals surface area contributed by atoms with Gasteiger partial charge in [-0.05, 0) is 35.2 Å². The highest BCUT2D eigenvalue weighted by Gasteiger charge is 2.13. The van der Waals surface area contributed by atoms with E-state index in [1.165, 1.54) is 16.4 Å². The summed E-state index contributed by atoms with van der Waals surface area (Å²) in [6.45, 7) is 7.30. The van der Waals surface area contributed by atoms with Crippen LogP contribution in [0.15, 0.2) is 59.5 Å². The third-order valence-corrected chi connectivity index (χ3v) is 4.47. The van der Waals surface area contributed by atoms with Crippen molar-refractivity contribution in [3.05, 3.63) is 70.5 Å². The summed E-state index contributed by atoms with van der Waals surface area (Å²) in [5.41, 5.74) is 1.83. The first kappa shape index (κ1) is 19.6. The van der Waals surface area contributed by atoms with Crippen LogP contribution in [-0.4, -0.2) is 28.8 Å². The number of hydrogen-bond acceptors (Lipinski definition) is 4. The molecule has 0 aliphatic rings. The van der Waals surface area contributed by atoms with Gasteiger partial charge < -0.3 is 10.1 Å². The molecular weight excluding hydrogens is 354 g/mol. The lowest BCUT2D eigenvalue weighted by Gasteiger charge is -2.19. The lowest BCUT2D eigenvalue weighted by Crippen LogP contribution is -2.32. The molecule has 0 unspecified atom stereocenters. The Balaban J connectivity index is 1.50. The van der Waals surface area contributed by atoms with Crippen molar-refractivity contribution >= 4 is 16.8 Å². The van der Waals surface area contributed by atoms with E-state index in [1.54, 1.807) is 18.2 Å².